The summed E-state index contributed by atoms with van der Waals surface area (Å²) >= 11 is 0. The molecule has 1 aliphatic rings. The van der Waals surface area contributed by atoms with Gasteiger partial charge in [-0.2, -0.15) is 0 Å². The number of guanidine groups is 1. The Balaban J connectivity index is 0.00000576. The van der Waals surface area contributed by atoms with Crippen LogP contribution in [0.15, 0.2) is 4.99 Å². The topological polar surface area (TPSA) is 58.1 Å². The molecule has 0 spiro atoms. The monoisotopic (exact) mass is 470 g/mol. The second-order valence-electron chi connectivity index (χ2n) is 6.61. The zero-order valence-electron chi connectivity index (χ0n) is 16.6. The van der Waals surface area contributed by atoms with Crippen LogP contribution in [-0.4, -0.2) is 76.6 Å². The number of halogens is 1. The second-order valence-corrected chi connectivity index (χ2v) is 6.61. The molecule has 1 fully saturated rings. The van der Waals surface area contributed by atoms with Gasteiger partial charge in [0.15, 0.2) is 5.96 Å². The smallest absolute Gasteiger partial charge is 0.190 e. The van der Waals surface area contributed by atoms with Crippen LogP contribution in [-0.2, 0) is 9.47 Å². The van der Waals surface area contributed by atoms with Crippen molar-refractivity contribution in [1.82, 2.24) is 15.5 Å². The van der Waals surface area contributed by atoms with Crippen molar-refractivity contribution in [3.8, 4) is 0 Å². The van der Waals surface area contributed by atoms with E-state index in [0.29, 0.717) is 12.0 Å². The minimum Gasteiger partial charge on any atom is -0.379 e. The highest BCUT2D eigenvalue weighted by molar-refractivity contribution is 14.0. The van der Waals surface area contributed by atoms with Crippen LogP contribution < -0.4 is 10.6 Å². The average molecular weight is 470 g/mol. The van der Waals surface area contributed by atoms with E-state index in [2.05, 4.69) is 41.3 Å². The minimum absolute atomic E-state index is 0. The van der Waals surface area contributed by atoms with Crippen molar-refractivity contribution in [2.75, 3.05) is 59.6 Å². The number of nitrogens with one attached hydrogen (secondary N) is 2. The van der Waals surface area contributed by atoms with Crippen LogP contribution in [0.25, 0.3) is 0 Å². The van der Waals surface area contributed by atoms with Crippen LogP contribution in [0.2, 0.25) is 0 Å². The van der Waals surface area contributed by atoms with E-state index < -0.39 is 0 Å². The fourth-order valence-corrected chi connectivity index (χ4v) is 2.87. The van der Waals surface area contributed by atoms with Gasteiger partial charge < -0.3 is 20.1 Å². The Morgan fingerprint density at radius 3 is 2.44 bits per heavy atom. The van der Waals surface area contributed by atoms with Crippen LogP contribution >= 0.6 is 24.0 Å². The Morgan fingerprint density at radius 1 is 1.16 bits per heavy atom. The first-order valence-electron chi connectivity index (χ1n) is 9.53. The number of nitrogens with zero attached hydrogens (tertiary/aromatic N) is 2. The molecule has 0 aromatic carbocycles. The lowest BCUT2D eigenvalue weighted by molar-refractivity contribution is 0.0258. The highest BCUT2D eigenvalue weighted by Crippen LogP contribution is 2.09. The number of ether oxygens (including phenoxy) is 2. The summed E-state index contributed by atoms with van der Waals surface area (Å²) in [6.07, 6.45) is 3.69. The molecule has 7 heteroatoms. The summed E-state index contributed by atoms with van der Waals surface area (Å²) in [6.45, 7) is 14.2. The lowest BCUT2D eigenvalue weighted by atomic mass is 10.0. The number of hydrogen-bond acceptors (Lipinski definition) is 4. The molecule has 2 N–H and O–H groups in total. The first kappa shape index (κ1) is 24.9. The highest BCUT2D eigenvalue weighted by Gasteiger charge is 2.13. The SMILES string of the molecule is CCOC(CCNC(=NC)NCCCCN1CCOCC1)C(C)C.I. The van der Waals surface area contributed by atoms with E-state index in [1.165, 1.54) is 13.0 Å². The van der Waals surface area contributed by atoms with Crippen molar-refractivity contribution in [1.29, 1.82) is 0 Å². The molecule has 25 heavy (non-hydrogen) atoms. The molecule has 0 aromatic heterocycles. The van der Waals surface area contributed by atoms with Gasteiger partial charge in [-0.1, -0.05) is 13.8 Å². The van der Waals surface area contributed by atoms with Crippen LogP contribution in [0, 0.1) is 5.92 Å². The predicted octanol–water partition coefficient (Wildman–Crippen LogP) is 2.33. The first-order valence-corrected chi connectivity index (χ1v) is 9.53. The fraction of sp³-hybridized carbons (Fsp3) is 0.944. The third-order valence-electron chi connectivity index (χ3n) is 4.37. The molecule has 6 nitrogen and oxygen atoms in total. The molecule has 1 atom stereocenters. The molecule has 150 valence electrons. The Labute approximate surface area is 171 Å². The molecular weight excluding hydrogens is 431 g/mol. The van der Waals surface area contributed by atoms with Gasteiger partial charge in [-0.3, -0.25) is 9.89 Å². The number of rotatable bonds is 11. The molecule has 0 bridgehead atoms. The van der Waals surface area contributed by atoms with Gasteiger partial charge >= 0.3 is 0 Å². The average Bonchev–Trinajstić information content (AvgIpc) is 2.59. The first-order chi connectivity index (χ1) is 11.7. The maximum absolute atomic E-state index is 5.78. The largest absolute Gasteiger partial charge is 0.379 e. The lowest BCUT2D eigenvalue weighted by Gasteiger charge is -2.26. The van der Waals surface area contributed by atoms with Crippen molar-refractivity contribution in [3.63, 3.8) is 0 Å². The summed E-state index contributed by atoms with van der Waals surface area (Å²) in [5.41, 5.74) is 0. The van der Waals surface area contributed by atoms with Crippen molar-refractivity contribution >= 4 is 29.9 Å². The molecule has 1 saturated heterocycles. The van der Waals surface area contributed by atoms with Crippen molar-refractivity contribution in [2.45, 2.75) is 46.1 Å². The lowest BCUT2D eigenvalue weighted by Crippen LogP contribution is -2.40. The maximum Gasteiger partial charge on any atom is 0.190 e. The van der Waals surface area contributed by atoms with Gasteiger partial charge in [-0.05, 0) is 38.6 Å². The van der Waals surface area contributed by atoms with Crippen molar-refractivity contribution in [3.05, 3.63) is 0 Å². The number of aliphatic imine (C=N–C) groups is 1. The Hall–Kier alpha value is -0.120. The third-order valence-corrected chi connectivity index (χ3v) is 4.37. The van der Waals surface area contributed by atoms with E-state index in [4.69, 9.17) is 9.47 Å². The van der Waals surface area contributed by atoms with Crippen LogP contribution in [0.5, 0.6) is 0 Å². The summed E-state index contributed by atoms with van der Waals surface area (Å²) in [4.78, 5) is 6.77. The third kappa shape index (κ3) is 12.0. The zero-order chi connectivity index (χ0) is 17.6. The number of morpholine rings is 1. The van der Waals surface area contributed by atoms with Gasteiger partial charge in [0.2, 0.25) is 0 Å². The molecule has 1 heterocycles. The molecule has 0 saturated carbocycles. The van der Waals surface area contributed by atoms with Gasteiger partial charge in [0, 0.05) is 39.8 Å². The minimum atomic E-state index is 0. The Kier molecular flexibility index (Phi) is 16.0. The van der Waals surface area contributed by atoms with Gasteiger partial charge in [0.1, 0.15) is 0 Å². The molecule has 1 unspecified atom stereocenters. The van der Waals surface area contributed by atoms with E-state index in [1.807, 2.05) is 7.05 Å². The summed E-state index contributed by atoms with van der Waals surface area (Å²) < 4.78 is 11.1. The predicted molar refractivity (Wildman–Crippen MR) is 116 cm³/mol. The Bertz CT molecular complexity index is 337. The number of unbranched alkanes of at least 4 members (excludes halogenated alkanes) is 1. The summed E-state index contributed by atoms with van der Waals surface area (Å²) in [5.74, 6) is 1.43. The van der Waals surface area contributed by atoms with Gasteiger partial charge in [0.05, 0.1) is 19.3 Å². The van der Waals surface area contributed by atoms with Crippen LogP contribution in [0.3, 0.4) is 0 Å². The summed E-state index contributed by atoms with van der Waals surface area (Å²) in [5, 5.41) is 6.78. The Morgan fingerprint density at radius 2 is 1.84 bits per heavy atom. The molecule has 0 amide bonds. The second kappa shape index (κ2) is 16.1. The van der Waals surface area contributed by atoms with E-state index in [0.717, 1.165) is 64.8 Å². The van der Waals surface area contributed by atoms with Crippen LogP contribution in [0.1, 0.15) is 40.0 Å². The van der Waals surface area contributed by atoms with Gasteiger partial charge in [0.25, 0.3) is 0 Å². The molecular formula is C18H39IN4O2. The molecule has 1 aliphatic heterocycles. The number of hydrogen-bond donors (Lipinski definition) is 2. The maximum atomic E-state index is 5.78. The fourth-order valence-electron chi connectivity index (χ4n) is 2.87. The molecule has 0 radical (unpaired) electrons. The quantitative estimate of drug-likeness (QED) is 0.210. The van der Waals surface area contributed by atoms with E-state index in [1.54, 1.807) is 0 Å². The normalized spacial score (nSPS) is 17.2. The zero-order valence-corrected chi connectivity index (χ0v) is 18.9. The van der Waals surface area contributed by atoms with E-state index >= 15 is 0 Å². The van der Waals surface area contributed by atoms with Crippen LogP contribution in [0.4, 0.5) is 0 Å². The van der Waals surface area contributed by atoms with Gasteiger partial charge in [-0.25, -0.2) is 0 Å². The highest BCUT2D eigenvalue weighted by atomic mass is 127. The van der Waals surface area contributed by atoms with E-state index in [9.17, 15) is 0 Å². The van der Waals surface area contributed by atoms with Crippen molar-refractivity contribution in [2.24, 2.45) is 10.9 Å². The van der Waals surface area contributed by atoms with Gasteiger partial charge in [-0.15, -0.1) is 24.0 Å². The summed E-state index contributed by atoms with van der Waals surface area (Å²) in [6, 6.07) is 0. The molecule has 1 rings (SSSR count). The van der Waals surface area contributed by atoms with E-state index in [-0.39, 0.29) is 24.0 Å². The standard InChI is InChI=1S/C18H38N4O2.HI/c1-5-24-17(16(2)3)8-10-21-18(19-4)20-9-6-7-11-22-12-14-23-15-13-22;/h16-17H,5-15H2,1-4H3,(H2,19,20,21);1H. The van der Waals surface area contributed by atoms with Crippen molar-refractivity contribution < 1.29 is 9.47 Å². The summed E-state index contributed by atoms with van der Waals surface area (Å²) in [7, 11) is 1.82. The molecule has 0 aromatic rings. The molecule has 0 aliphatic carbocycles.